The molecular weight excluding hydrogens is 166 g/mol. The van der Waals surface area contributed by atoms with Crippen molar-refractivity contribution in [3.8, 4) is 0 Å². The van der Waals surface area contributed by atoms with Gasteiger partial charge in [-0.15, -0.1) is 0 Å². The quantitative estimate of drug-likeness (QED) is 0.736. The Kier molecular flexibility index (Phi) is 2.14. The minimum absolute atomic E-state index is 0.482. The number of nitrogens with two attached hydrogens (primary N) is 1. The van der Waals surface area contributed by atoms with Gasteiger partial charge < -0.3 is 10.2 Å². The van der Waals surface area contributed by atoms with Crippen LogP contribution >= 0.6 is 0 Å². The average Bonchev–Trinajstić information content (AvgIpc) is 2.76. The van der Waals surface area contributed by atoms with Crippen LogP contribution in [0.25, 0.3) is 0 Å². The molecule has 2 aromatic rings. The van der Waals surface area contributed by atoms with Gasteiger partial charge in [-0.1, -0.05) is 0 Å². The van der Waals surface area contributed by atoms with Crippen LogP contribution in [0.5, 0.6) is 0 Å². The number of hydrogen-bond acceptors (Lipinski definition) is 3. The third-order valence-electron chi connectivity index (χ3n) is 1.96. The summed E-state index contributed by atoms with van der Waals surface area (Å²) in [6, 6.07) is 3.81. The Bertz CT molecular complexity index is 364. The van der Waals surface area contributed by atoms with E-state index in [4.69, 9.17) is 10.2 Å². The lowest BCUT2D eigenvalue weighted by Crippen LogP contribution is -2.00. The largest absolute Gasteiger partial charge is 0.469 e. The highest BCUT2D eigenvalue weighted by molar-refractivity contribution is 5.21. The number of aromatic amines is 1. The van der Waals surface area contributed by atoms with Gasteiger partial charge >= 0.3 is 0 Å². The molecule has 0 fully saturated rings. The molecule has 0 aliphatic heterocycles. The van der Waals surface area contributed by atoms with Crippen LogP contribution in [0, 0.1) is 0 Å². The lowest BCUT2D eigenvalue weighted by molar-refractivity contribution is 0.520. The Morgan fingerprint density at radius 3 is 3.15 bits per heavy atom. The lowest BCUT2D eigenvalue weighted by atomic mass is 10.1. The number of nitrogens with one attached hydrogen (secondary N) is 1. The Labute approximate surface area is 75.7 Å². The molecular formula is C9H11N3O. The van der Waals surface area contributed by atoms with Crippen molar-refractivity contribution in [1.29, 1.82) is 0 Å². The molecule has 13 heavy (non-hydrogen) atoms. The van der Waals surface area contributed by atoms with Gasteiger partial charge in [0.2, 0.25) is 0 Å². The van der Waals surface area contributed by atoms with E-state index in [0.29, 0.717) is 6.54 Å². The number of rotatable bonds is 3. The summed E-state index contributed by atoms with van der Waals surface area (Å²) in [4.78, 5) is 0. The molecule has 0 aromatic carbocycles. The van der Waals surface area contributed by atoms with Crippen molar-refractivity contribution < 1.29 is 4.42 Å². The molecule has 68 valence electrons. The van der Waals surface area contributed by atoms with Crippen LogP contribution in [0.1, 0.15) is 17.0 Å². The molecule has 0 unspecified atom stereocenters. The molecule has 0 saturated heterocycles. The van der Waals surface area contributed by atoms with Gasteiger partial charge in [-0.3, -0.25) is 5.10 Å². The van der Waals surface area contributed by atoms with Gasteiger partial charge in [-0.2, -0.15) is 5.10 Å². The Balaban J connectivity index is 2.18. The number of furan rings is 1. The Hall–Kier alpha value is -1.55. The summed E-state index contributed by atoms with van der Waals surface area (Å²) in [5.41, 5.74) is 7.59. The van der Waals surface area contributed by atoms with Crippen LogP contribution in [0.4, 0.5) is 0 Å². The van der Waals surface area contributed by atoms with E-state index in [-0.39, 0.29) is 0 Å². The average molecular weight is 177 g/mol. The molecule has 2 rings (SSSR count). The zero-order chi connectivity index (χ0) is 9.10. The fourth-order valence-electron chi connectivity index (χ4n) is 1.27. The van der Waals surface area contributed by atoms with E-state index in [2.05, 4.69) is 10.2 Å². The van der Waals surface area contributed by atoms with Gasteiger partial charge in [0.15, 0.2) is 0 Å². The molecule has 0 spiro atoms. The smallest absolute Gasteiger partial charge is 0.108 e. The van der Waals surface area contributed by atoms with Crippen molar-refractivity contribution in [3.05, 3.63) is 41.6 Å². The first kappa shape index (κ1) is 8.07. The van der Waals surface area contributed by atoms with Crippen molar-refractivity contribution in [1.82, 2.24) is 10.2 Å². The van der Waals surface area contributed by atoms with Gasteiger partial charge in [0.05, 0.1) is 18.2 Å². The molecule has 0 atom stereocenters. The van der Waals surface area contributed by atoms with Crippen molar-refractivity contribution in [2.45, 2.75) is 13.0 Å². The lowest BCUT2D eigenvalue weighted by Gasteiger charge is -1.96. The fraction of sp³-hybridized carbons (Fsp3) is 0.222. The molecule has 3 N–H and O–H groups in total. The van der Waals surface area contributed by atoms with Gasteiger partial charge in [0, 0.05) is 18.5 Å². The van der Waals surface area contributed by atoms with E-state index in [1.807, 2.05) is 12.1 Å². The number of hydrogen-bond donors (Lipinski definition) is 2. The van der Waals surface area contributed by atoms with Crippen molar-refractivity contribution in [2.75, 3.05) is 0 Å². The van der Waals surface area contributed by atoms with Crippen molar-refractivity contribution in [2.24, 2.45) is 5.73 Å². The SMILES string of the molecule is NCc1[nH]ncc1Cc1ccco1. The molecule has 2 aromatic heterocycles. The molecule has 2 heterocycles. The van der Waals surface area contributed by atoms with Crippen LogP contribution < -0.4 is 5.73 Å². The van der Waals surface area contributed by atoms with E-state index in [0.717, 1.165) is 23.4 Å². The molecule has 0 radical (unpaired) electrons. The summed E-state index contributed by atoms with van der Waals surface area (Å²) in [7, 11) is 0. The van der Waals surface area contributed by atoms with Gasteiger partial charge in [0.1, 0.15) is 5.76 Å². The molecule has 0 saturated carbocycles. The first-order valence-corrected chi connectivity index (χ1v) is 4.13. The third kappa shape index (κ3) is 1.62. The second-order valence-corrected chi connectivity index (χ2v) is 2.83. The van der Waals surface area contributed by atoms with Crippen LogP contribution in [-0.4, -0.2) is 10.2 Å². The molecule has 4 nitrogen and oxygen atoms in total. The number of aromatic nitrogens is 2. The molecule has 0 bridgehead atoms. The van der Waals surface area contributed by atoms with E-state index in [1.54, 1.807) is 12.5 Å². The summed E-state index contributed by atoms with van der Waals surface area (Å²) in [6.45, 7) is 0.482. The van der Waals surface area contributed by atoms with Crippen molar-refractivity contribution in [3.63, 3.8) is 0 Å². The summed E-state index contributed by atoms with van der Waals surface area (Å²) >= 11 is 0. The minimum atomic E-state index is 0.482. The second-order valence-electron chi connectivity index (χ2n) is 2.83. The fourth-order valence-corrected chi connectivity index (χ4v) is 1.27. The minimum Gasteiger partial charge on any atom is -0.469 e. The van der Waals surface area contributed by atoms with E-state index in [9.17, 15) is 0 Å². The van der Waals surface area contributed by atoms with Gasteiger partial charge in [0.25, 0.3) is 0 Å². The monoisotopic (exact) mass is 177 g/mol. The maximum Gasteiger partial charge on any atom is 0.108 e. The number of H-pyrrole nitrogens is 1. The Morgan fingerprint density at radius 2 is 2.46 bits per heavy atom. The van der Waals surface area contributed by atoms with Crippen molar-refractivity contribution >= 4 is 0 Å². The summed E-state index contributed by atoms with van der Waals surface area (Å²) in [5.74, 6) is 0.927. The molecule has 4 heteroatoms. The van der Waals surface area contributed by atoms with E-state index >= 15 is 0 Å². The highest BCUT2D eigenvalue weighted by atomic mass is 16.3. The normalized spacial score (nSPS) is 10.5. The summed E-state index contributed by atoms with van der Waals surface area (Å²) in [6.07, 6.45) is 4.19. The summed E-state index contributed by atoms with van der Waals surface area (Å²) < 4.78 is 5.22. The standard InChI is InChI=1S/C9H11N3O/c10-5-9-7(6-11-12-9)4-8-2-1-3-13-8/h1-3,6H,4-5,10H2,(H,11,12). The maximum atomic E-state index is 5.52. The third-order valence-corrected chi connectivity index (χ3v) is 1.96. The van der Waals surface area contributed by atoms with E-state index in [1.165, 1.54) is 0 Å². The molecule has 0 aliphatic carbocycles. The Morgan fingerprint density at radius 1 is 1.54 bits per heavy atom. The van der Waals surface area contributed by atoms with Gasteiger partial charge in [-0.05, 0) is 12.1 Å². The van der Waals surface area contributed by atoms with Gasteiger partial charge in [-0.25, -0.2) is 0 Å². The molecule has 0 aliphatic rings. The second kappa shape index (κ2) is 3.45. The zero-order valence-corrected chi connectivity index (χ0v) is 7.16. The van der Waals surface area contributed by atoms with E-state index < -0.39 is 0 Å². The topological polar surface area (TPSA) is 67.8 Å². The first-order chi connectivity index (χ1) is 6.40. The number of nitrogens with zero attached hydrogens (tertiary/aromatic N) is 1. The van der Waals surface area contributed by atoms with Crippen LogP contribution in [0.15, 0.2) is 29.0 Å². The predicted octanol–water partition coefficient (Wildman–Crippen LogP) is 1.05. The zero-order valence-electron chi connectivity index (χ0n) is 7.16. The highest BCUT2D eigenvalue weighted by Gasteiger charge is 2.05. The summed E-state index contributed by atoms with van der Waals surface area (Å²) in [5, 5.41) is 6.78. The van der Waals surface area contributed by atoms with Crippen LogP contribution in [-0.2, 0) is 13.0 Å². The molecule has 0 amide bonds. The maximum absolute atomic E-state index is 5.52. The van der Waals surface area contributed by atoms with Crippen LogP contribution in [0.2, 0.25) is 0 Å². The highest BCUT2D eigenvalue weighted by Crippen LogP contribution is 2.11. The van der Waals surface area contributed by atoms with Crippen LogP contribution in [0.3, 0.4) is 0 Å². The first-order valence-electron chi connectivity index (χ1n) is 4.13. The predicted molar refractivity (Wildman–Crippen MR) is 48.0 cm³/mol.